The van der Waals surface area contributed by atoms with Gasteiger partial charge in [-0.2, -0.15) is 0 Å². The first-order chi connectivity index (χ1) is 2.77. The molecule has 0 unspecified atom stereocenters. The van der Waals surface area contributed by atoms with Crippen LogP contribution in [0.2, 0.25) is 0 Å². The second kappa shape index (κ2) is 3.38. The van der Waals surface area contributed by atoms with Crippen molar-refractivity contribution in [1.82, 2.24) is 0 Å². The second-order valence-corrected chi connectivity index (χ2v) is 2.13. The molecule has 0 aromatic rings. The van der Waals surface area contributed by atoms with Crippen molar-refractivity contribution in [1.29, 1.82) is 0 Å². The molecular weight excluding hydrogens is 143 g/mol. The molecule has 36 valence electrons. The molecule has 0 radical (unpaired) electrons. The van der Waals surface area contributed by atoms with Gasteiger partial charge >= 0.3 is 45.1 Å². The molecule has 0 aliphatic heterocycles. The predicted molar refractivity (Wildman–Crippen MR) is 27.6 cm³/mol. The van der Waals surface area contributed by atoms with Crippen molar-refractivity contribution in [3.05, 3.63) is 0 Å². The predicted octanol–water partition coefficient (Wildman–Crippen LogP) is 0.457. The molecule has 0 spiro atoms. The number of hydrogen-bond acceptors (Lipinski definition) is 1. The molecule has 0 saturated heterocycles. The number of aliphatic hydroxyl groups is 1. The van der Waals surface area contributed by atoms with Gasteiger partial charge < -0.3 is 0 Å². The van der Waals surface area contributed by atoms with E-state index in [2.05, 4.69) is 15.6 Å². The molecule has 0 aliphatic rings. The summed E-state index contributed by atoms with van der Waals surface area (Å²) in [4.78, 5) is 0. The van der Waals surface area contributed by atoms with Crippen molar-refractivity contribution in [3.8, 4) is 0 Å². The van der Waals surface area contributed by atoms with Gasteiger partial charge in [-0.15, -0.1) is 0 Å². The maximum atomic E-state index is 8.41. The molecule has 0 aliphatic carbocycles. The van der Waals surface area contributed by atoms with E-state index in [4.69, 9.17) is 5.11 Å². The summed E-state index contributed by atoms with van der Waals surface area (Å²) in [6.07, 6.45) is 1.80. The average molecular weight is 151 g/mol. The van der Waals surface area contributed by atoms with Gasteiger partial charge in [-0.25, -0.2) is 0 Å². The molecule has 0 bridgehead atoms. The van der Waals surface area contributed by atoms with E-state index in [1.165, 1.54) is 0 Å². The Morgan fingerprint density at radius 2 is 2.33 bits per heavy atom. The van der Waals surface area contributed by atoms with Crippen LogP contribution in [0.25, 0.3) is 0 Å². The van der Waals surface area contributed by atoms with Gasteiger partial charge in [-0.3, -0.25) is 0 Å². The quantitative estimate of drug-likeness (QED) is 0.568. The number of rotatable bonds is 2. The first-order valence-electron chi connectivity index (χ1n) is 1.99. The molecule has 2 heteroatoms. The molecular formula is C4H8OSe. The average Bonchev–Trinajstić information content (AvgIpc) is 1.35. The van der Waals surface area contributed by atoms with Gasteiger partial charge in [-0.05, 0) is 0 Å². The van der Waals surface area contributed by atoms with Gasteiger partial charge in [0.05, 0.1) is 0 Å². The van der Waals surface area contributed by atoms with Crippen LogP contribution in [0.1, 0.15) is 19.8 Å². The van der Waals surface area contributed by atoms with Crippen LogP contribution >= 0.6 is 0 Å². The van der Waals surface area contributed by atoms with E-state index in [0.29, 0.717) is 4.60 Å². The molecule has 6 heavy (non-hydrogen) atoms. The van der Waals surface area contributed by atoms with E-state index in [-0.39, 0.29) is 0 Å². The Kier molecular flexibility index (Phi) is 3.49. The van der Waals surface area contributed by atoms with E-state index in [1.54, 1.807) is 0 Å². The van der Waals surface area contributed by atoms with E-state index >= 15 is 0 Å². The molecule has 0 fully saturated rings. The molecule has 0 amide bonds. The van der Waals surface area contributed by atoms with E-state index in [1.807, 2.05) is 6.92 Å². The fraction of sp³-hybridized carbons (Fsp3) is 0.750. The van der Waals surface area contributed by atoms with E-state index in [0.717, 1.165) is 12.8 Å². The van der Waals surface area contributed by atoms with Crippen LogP contribution in [-0.4, -0.2) is 25.3 Å². The summed E-state index contributed by atoms with van der Waals surface area (Å²) in [6.45, 7) is 2.02. The van der Waals surface area contributed by atoms with Crippen LogP contribution in [0.5, 0.6) is 0 Å². The molecule has 0 atom stereocenters. The summed E-state index contributed by atoms with van der Waals surface area (Å²) in [5.41, 5.74) is 0. The summed E-state index contributed by atoms with van der Waals surface area (Å²) in [5, 5.41) is 8.41. The Bertz CT molecular complexity index is 51.5. The summed E-state index contributed by atoms with van der Waals surface area (Å²) >= 11 is 2.51. The molecule has 1 N–H and O–H groups in total. The van der Waals surface area contributed by atoms with Crippen LogP contribution in [0, 0.1) is 0 Å². The maximum absolute atomic E-state index is 8.41. The van der Waals surface area contributed by atoms with Crippen molar-refractivity contribution in [2.75, 3.05) is 0 Å². The summed E-state index contributed by atoms with van der Waals surface area (Å²) in [6, 6.07) is 0. The molecule has 0 heterocycles. The zero-order valence-electron chi connectivity index (χ0n) is 3.77. The number of aliphatic hydroxyl groups excluding tert-OH is 1. The van der Waals surface area contributed by atoms with Gasteiger partial charge in [0.15, 0.2) is 0 Å². The SMILES string of the molecule is CCCC(O)=[Se]. The Hall–Kier alpha value is 0.189. The Morgan fingerprint density at radius 1 is 1.83 bits per heavy atom. The van der Waals surface area contributed by atoms with Gasteiger partial charge in [0.25, 0.3) is 0 Å². The van der Waals surface area contributed by atoms with Crippen LogP contribution in [0.4, 0.5) is 0 Å². The van der Waals surface area contributed by atoms with Gasteiger partial charge in [0.1, 0.15) is 0 Å². The van der Waals surface area contributed by atoms with Crippen molar-refractivity contribution >= 4 is 20.2 Å². The van der Waals surface area contributed by atoms with Crippen molar-refractivity contribution < 1.29 is 5.11 Å². The van der Waals surface area contributed by atoms with Crippen molar-refractivity contribution in [2.24, 2.45) is 0 Å². The standard InChI is InChI=1S/C4H8OSe/c1-2-3-4(5)6/h2-3H2,1H3,(H,5,6). The summed E-state index contributed by atoms with van der Waals surface area (Å²) < 4.78 is 0.414. The summed E-state index contributed by atoms with van der Waals surface area (Å²) in [5.74, 6) is 0. The first-order valence-corrected chi connectivity index (χ1v) is 2.84. The van der Waals surface area contributed by atoms with Crippen LogP contribution in [-0.2, 0) is 0 Å². The Morgan fingerprint density at radius 3 is 2.33 bits per heavy atom. The first kappa shape index (κ1) is 6.19. The minimum atomic E-state index is 0.414. The van der Waals surface area contributed by atoms with Crippen molar-refractivity contribution in [2.45, 2.75) is 19.8 Å². The fourth-order valence-corrected chi connectivity index (χ4v) is 0.642. The van der Waals surface area contributed by atoms with E-state index in [9.17, 15) is 0 Å². The van der Waals surface area contributed by atoms with Gasteiger partial charge in [0.2, 0.25) is 0 Å². The number of hydrogen-bond donors (Lipinski definition) is 1. The Balaban J connectivity index is 2.83. The third kappa shape index (κ3) is 4.19. The molecule has 0 aromatic carbocycles. The van der Waals surface area contributed by atoms with Gasteiger partial charge in [0, 0.05) is 0 Å². The topological polar surface area (TPSA) is 20.2 Å². The molecule has 1 nitrogen and oxygen atoms in total. The normalized spacial score (nSPS) is 8.17. The fourth-order valence-electron chi connectivity index (χ4n) is 0.214. The van der Waals surface area contributed by atoms with Crippen LogP contribution in [0.3, 0.4) is 0 Å². The third-order valence-electron chi connectivity index (χ3n) is 0.464. The molecule has 0 saturated carbocycles. The second-order valence-electron chi connectivity index (χ2n) is 1.14. The minimum absolute atomic E-state index is 0.414. The van der Waals surface area contributed by atoms with Crippen LogP contribution < -0.4 is 0 Å². The Labute approximate surface area is 45.7 Å². The molecule has 0 aromatic heterocycles. The zero-order chi connectivity index (χ0) is 4.99. The van der Waals surface area contributed by atoms with E-state index < -0.39 is 0 Å². The summed E-state index contributed by atoms with van der Waals surface area (Å²) in [7, 11) is 0. The third-order valence-corrected chi connectivity index (χ3v) is 0.892. The zero-order valence-corrected chi connectivity index (χ0v) is 5.48. The molecule has 0 rings (SSSR count). The van der Waals surface area contributed by atoms with Crippen molar-refractivity contribution in [3.63, 3.8) is 0 Å². The van der Waals surface area contributed by atoms with Crippen LogP contribution in [0.15, 0.2) is 0 Å². The monoisotopic (exact) mass is 152 g/mol. The van der Waals surface area contributed by atoms with Gasteiger partial charge in [-0.1, -0.05) is 0 Å².